The number of nitrogens with two attached hydrogens (primary N) is 1. The van der Waals surface area contributed by atoms with Crippen LogP contribution >= 0.6 is 0 Å². The number of benzene rings is 3. The minimum Gasteiger partial charge on any atom is -0.489 e. The van der Waals surface area contributed by atoms with E-state index < -0.39 is 0 Å². The number of ether oxygens (including phenoxy) is 1. The summed E-state index contributed by atoms with van der Waals surface area (Å²) in [5.74, 6) is 0.829. The van der Waals surface area contributed by atoms with Crippen LogP contribution in [-0.2, 0) is 0 Å². The zero-order valence-corrected chi connectivity index (χ0v) is 18.1. The molecular formula is C29H28N2O. The number of allylic oxidation sites excluding steroid dienone is 4. The van der Waals surface area contributed by atoms with Crippen molar-refractivity contribution in [3.05, 3.63) is 132 Å². The maximum Gasteiger partial charge on any atom is 0.128 e. The molecule has 3 aromatic rings. The summed E-state index contributed by atoms with van der Waals surface area (Å²) in [6, 6.07) is 26.7. The van der Waals surface area contributed by atoms with E-state index >= 15 is 0 Å². The molecule has 0 aliphatic carbocycles. The van der Waals surface area contributed by atoms with E-state index in [9.17, 15) is 0 Å². The van der Waals surface area contributed by atoms with Crippen molar-refractivity contribution in [1.82, 2.24) is 5.32 Å². The molecule has 1 aliphatic rings. The number of fused-ring (bicyclic) bond motifs is 1. The smallest absolute Gasteiger partial charge is 0.128 e. The van der Waals surface area contributed by atoms with Crippen molar-refractivity contribution in [2.45, 2.75) is 6.04 Å². The quantitative estimate of drug-likeness (QED) is 0.481. The second kappa shape index (κ2) is 10.6. The van der Waals surface area contributed by atoms with Gasteiger partial charge < -0.3 is 10.5 Å². The van der Waals surface area contributed by atoms with Gasteiger partial charge in [-0.15, -0.1) is 0 Å². The van der Waals surface area contributed by atoms with Crippen LogP contribution in [-0.4, -0.2) is 13.3 Å². The highest BCUT2D eigenvalue weighted by Crippen LogP contribution is 2.34. The summed E-state index contributed by atoms with van der Waals surface area (Å²) < 4.78 is 6.09. The first-order chi connectivity index (χ1) is 15.8. The largest absolute Gasteiger partial charge is 0.489 e. The van der Waals surface area contributed by atoms with Gasteiger partial charge in [-0.05, 0) is 46.1 Å². The fourth-order valence-corrected chi connectivity index (χ4v) is 3.87. The predicted octanol–water partition coefficient (Wildman–Crippen LogP) is 5.99. The van der Waals surface area contributed by atoms with E-state index in [1.54, 1.807) is 0 Å². The Kier molecular flexibility index (Phi) is 7.13. The molecule has 0 saturated heterocycles. The highest BCUT2D eigenvalue weighted by molar-refractivity contribution is 5.91. The second-order valence-corrected chi connectivity index (χ2v) is 7.58. The first-order valence-electron chi connectivity index (χ1n) is 10.8. The summed E-state index contributed by atoms with van der Waals surface area (Å²) >= 11 is 0. The standard InChI is InChI=1S/C29H28N2O/c1-22-20-26(23-10-4-2-5-11-23)15-9-19-32-28-16-8-14-25(29(22)28)17-18-27(31-21-30)24-12-6-3-7-13-24/h2-18,20,27,31H,1,19,21,30H2/b15-9-,18-17+,26-20+. The summed E-state index contributed by atoms with van der Waals surface area (Å²) in [4.78, 5) is 0. The number of hydrogen-bond acceptors (Lipinski definition) is 3. The maximum absolute atomic E-state index is 6.09. The minimum absolute atomic E-state index is 0.0136. The van der Waals surface area contributed by atoms with Gasteiger partial charge in [0, 0.05) is 12.2 Å². The average molecular weight is 421 g/mol. The average Bonchev–Trinajstić information content (AvgIpc) is 2.92. The van der Waals surface area contributed by atoms with Crippen LogP contribution in [0.2, 0.25) is 0 Å². The van der Waals surface area contributed by atoms with E-state index in [-0.39, 0.29) is 6.04 Å². The van der Waals surface area contributed by atoms with Crippen LogP contribution in [0.15, 0.2) is 110 Å². The van der Waals surface area contributed by atoms with E-state index in [1.165, 1.54) is 0 Å². The normalized spacial score (nSPS) is 17.3. The molecule has 1 unspecified atom stereocenters. The molecular weight excluding hydrogens is 392 g/mol. The van der Waals surface area contributed by atoms with Crippen LogP contribution in [0.1, 0.15) is 28.3 Å². The lowest BCUT2D eigenvalue weighted by Crippen LogP contribution is -2.26. The lowest BCUT2D eigenvalue weighted by Gasteiger charge is -2.16. The Balaban J connectivity index is 1.72. The van der Waals surface area contributed by atoms with E-state index in [0.717, 1.165) is 39.1 Å². The van der Waals surface area contributed by atoms with Crippen molar-refractivity contribution in [3.63, 3.8) is 0 Å². The molecule has 4 rings (SSSR count). The molecule has 0 aromatic heterocycles. The van der Waals surface area contributed by atoms with Crippen LogP contribution in [0.5, 0.6) is 5.75 Å². The highest BCUT2D eigenvalue weighted by atomic mass is 16.5. The lowest BCUT2D eigenvalue weighted by molar-refractivity contribution is 0.362. The monoisotopic (exact) mass is 420 g/mol. The molecule has 1 aliphatic heterocycles. The fourth-order valence-electron chi connectivity index (χ4n) is 3.87. The summed E-state index contributed by atoms with van der Waals surface area (Å²) in [6.07, 6.45) is 10.5. The number of rotatable bonds is 6. The summed E-state index contributed by atoms with van der Waals surface area (Å²) in [7, 11) is 0. The summed E-state index contributed by atoms with van der Waals surface area (Å²) in [6.45, 7) is 5.29. The number of nitrogens with one attached hydrogen (secondary N) is 1. The Labute approximate surface area is 190 Å². The third-order valence-corrected chi connectivity index (χ3v) is 5.41. The maximum atomic E-state index is 6.09. The van der Waals surface area contributed by atoms with Crippen molar-refractivity contribution >= 4 is 17.2 Å². The molecule has 3 nitrogen and oxygen atoms in total. The van der Waals surface area contributed by atoms with Gasteiger partial charge in [0.15, 0.2) is 0 Å². The topological polar surface area (TPSA) is 47.3 Å². The van der Waals surface area contributed by atoms with Crippen molar-refractivity contribution < 1.29 is 4.74 Å². The summed E-state index contributed by atoms with van der Waals surface area (Å²) in [5, 5.41) is 3.34. The lowest BCUT2D eigenvalue weighted by atomic mass is 9.95. The Bertz CT molecular complexity index is 1140. The van der Waals surface area contributed by atoms with Gasteiger partial charge in [-0.1, -0.05) is 97.6 Å². The van der Waals surface area contributed by atoms with E-state index in [2.05, 4.69) is 66.5 Å². The predicted molar refractivity (Wildman–Crippen MR) is 135 cm³/mol. The van der Waals surface area contributed by atoms with Crippen LogP contribution in [0, 0.1) is 0 Å². The Morgan fingerprint density at radius 3 is 2.47 bits per heavy atom. The van der Waals surface area contributed by atoms with Gasteiger partial charge in [-0.2, -0.15) is 0 Å². The van der Waals surface area contributed by atoms with Crippen molar-refractivity contribution in [2.75, 3.05) is 13.3 Å². The molecule has 3 heteroatoms. The molecule has 0 saturated carbocycles. The van der Waals surface area contributed by atoms with Crippen LogP contribution in [0.25, 0.3) is 17.2 Å². The van der Waals surface area contributed by atoms with Crippen LogP contribution in [0.3, 0.4) is 0 Å². The van der Waals surface area contributed by atoms with Crippen molar-refractivity contribution in [2.24, 2.45) is 5.73 Å². The van der Waals surface area contributed by atoms with Crippen LogP contribution < -0.4 is 15.8 Å². The molecule has 0 amide bonds. The third-order valence-electron chi connectivity index (χ3n) is 5.41. The molecule has 0 radical (unpaired) electrons. The molecule has 0 bridgehead atoms. The van der Waals surface area contributed by atoms with E-state index in [1.807, 2.05) is 54.6 Å². The van der Waals surface area contributed by atoms with Crippen LogP contribution in [0.4, 0.5) is 0 Å². The van der Waals surface area contributed by atoms with Crippen molar-refractivity contribution in [1.29, 1.82) is 0 Å². The molecule has 1 heterocycles. The Morgan fingerprint density at radius 2 is 1.72 bits per heavy atom. The zero-order chi connectivity index (χ0) is 22.2. The zero-order valence-electron chi connectivity index (χ0n) is 18.1. The van der Waals surface area contributed by atoms with Gasteiger partial charge in [0.1, 0.15) is 12.4 Å². The SMILES string of the molecule is C=C1/C=C(c2ccccc2)\C=C/COc2cccc(/C=C/C(NCN)c3ccccc3)c21. The highest BCUT2D eigenvalue weighted by Gasteiger charge is 2.13. The second-order valence-electron chi connectivity index (χ2n) is 7.58. The fraction of sp³-hybridized carbons (Fsp3) is 0.103. The van der Waals surface area contributed by atoms with E-state index in [0.29, 0.717) is 13.3 Å². The first kappa shape index (κ1) is 21.6. The molecule has 3 N–H and O–H groups in total. The van der Waals surface area contributed by atoms with Gasteiger partial charge in [-0.3, -0.25) is 5.32 Å². The van der Waals surface area contributed by atoms with Crippen molar-refractivity contribution in [3.8, 4) is 5.75 Å². The number of hydrogen-bond donors (Lipinski definition) is 2. The van der Waals surface area contributed by atoms with Gasteiger partial charge >= 0.3 is 0 Å². The minimum atomic E-state index is 0.0136. The van der Waals surface area contributed by atoms with Gasteiger partial charge in [0.2, 0.25) is 0 Å². The molecule has 32 heavy (non-hydrogen) atoms. The van der Waals surface area contributed by atoms with Gasteiger partial charge in [0.25, 0.3) is 0 Å². The summed E-state index contributed by atoms with van der Waals surface area (Å²) in [5.41, 5.74) is 12.2. The molecule has 160 valence electrons. The molecule has 3 aromatic carbocycles. The molecule has 0 spiro atoms. The van der Waals surface area contributed by atoms with Gasteiger partial charge in [0.05, 0.1) is 6.04 Å². The Hall–Kier alpha value is -3.66. The third kappa shape index (κ3) is 5.14. The van der Waals surface area contributed by atoms with E-state index in [4.69, 9.17) is 10.5 Å². The Morgan fingerprint density at radius 1 is 0.969 bits per heavy atom. The molecule has 1 atom stereocenters. The van der Waals surface area contributed by atoms with Gasteiger partial charge in [-0.25, -0.2) is 0 Å². The molecule has 0 fully saturated rings. The first-order valence-corrected chi connectivity index (χ1v) is 10.8.